The molecule has 0 amide bonds. The molecule has 0 unspecified atom stereocenters. The highest BCUT2D eigenvalue weighted by molar-refractivity contribution is 5.19. The summed E-state index contributed by atoms with van der Waals surface area (Å²) >= 11 is 0. The molecule has 104 valence electrons. The van der Waals surface area contributed by atoms with Crippen LogP contribution in [0.3, 0.4) is 0 Å². The van der Waals surface area contributed by atoms with E-state index in [0.29, 0.717) is 0 Å². The summed E-state index contributed by atoms with van der Waals surface area (Å²) in [6, 6.07) is 20.3. The molecular weight excluding hydrogens is 244 g/mol. The van der Waals surface area contributed by atoms with Crippen LogP contribution in [0.4, 0.5) is 0 Å². The van der Waals surface area contributed by atoms with Gasteiger partial charge < -0.3 is 5.11 Å². The van der Waals surface area contributed by atoms with Crippen LogP contribution >= 0.6 is 0 Å². The summed E-state index contributed by atoms with van der Waals surface area (Å²) < 4.78 is 0. The van der Waals surface area contributed by atoms with Gasteiger partial charge in [0.2, 0.25) is 0 Å². The second-order valence-electron chi connectivity index (χ2n) is 5.16. The maximum Gasteiger partial charge on any atom is 0.0821 e. The van der Waals surface area contributed by atoms with Crippen LogP contribution in [0.1, 0.15) is 30.1 Å². The molecule has 0 spiro atoms. The normalized spacial score (nSPS) is 13.7. The van der Waals surface area contributed by atoms with Crippen molar-refractivity contribution in [3.63, 3.8) is 0 Å². The first-order valence-electron chi connectivity index (χ1n) is 7.19. The Morgan fingerprint density at radius 1 is 0.950 bits per heavy atom. The summed E-state index contributed by atoms with van der Waals surface area (Å²) in [6.45, 7) is 3.82. The maximum atomic E-state index is 10.5. The molecule has 1 nitrogen and oxygen atoms in total. The molecule has 20 heavy (non-hydrogen) atoms. The summed E-state index contributed by atoms with van der Waals surface area (Å²) in [6.07, 6.45) is 4.28. The topological polar surface area (TPSA) is 20.2 Å². The lowest BCUT2D eigenvalue weighted by molar-refractivity contribution is 0.104. The van der Waals surface area contributed by atoms with E-state index in [4.69, 9.17) is 0 Å². The number of aliphatic hydroxyl groups excluding tert-OH is 1. The van der Waals surface area contributed by atoms with Gasteiger partial charge in [0.1, 0.15) is 0 Å². The molecule has 0 aliphatic carbocycles. The zero-order valence-electron chi connectivity index (χ0n) is 11.8. The molecule has 1 N–H and O–H groups in total. The zero-order valence-corrected chi connectivity index (χ0v) is 11.8. The van der Waals surface area contributed by atoms with Gasteiger partial charge in [-0.2, -0.15) is 0 Å². The summed E-state index contributed by atoms with van der Waals surface area (Å²) in [5, 5.41) is 10.5. The standard InChI is InChI=1S/C19H22O/c1-2-9-17(15-14-16-10-5-3-6-11-16)19(20)18-12-7-4-8-13-18/h2-8,10-13,17,19-20H,1,9,14-15H2/t17-,19-/m1/s1. The molecule has 2 atom stereocenters. The van der Waals surface area contributed by atoms with E-state index in [9.17, 15) is 5.11 Å². The molecule has 0 fully saturated rings. The lowest BCUT2D eigenvalue weighted by atomic mass is 9.88. The Morgan fingerprint density at radius 3 is 2.15 bits per heavy atom. The molecule has 2 aromatic carbocycles. The monoisotopic (exact) mass is 266 g/mol. The lowest BCUT2D eigenvalue weighted by Crippen LogP contribution is -2.13. The van der Waals surface area contributed by atoms with Crippen molar-refractivity contribution < 1.29 is 5.11 Å². The van der Waals surface area contributed by atoms with Gasteiger partial charge in [-0.3, -0.25) is 0 Å². The predicted molar refractivity (Wildman–Crippen MR) is 84.5 cm³/mol. The molecular formula is C19H22O. The van der Waals surface area contributed by atoms with Crippen LogP contribution in [0.5, 0.6) is 0 Å². The van der Waals surface area contributed by atoms with Gasteiger partial charge in [0.15, 0.2) is 0 Å². The highest BCUT2D eigenvalue weighted by atomic mass is 16.3. The Hall–Kier alpha value is -1.86. The number of hydrogen-bond donors (Lipinski definition) is 1. The highest BCUT2D eigenvalue weighted by Gasteiger charge is 2.19. The van der Waals surface area contributed by atoms with Gasteiger partial charge in [0, 0.05) is 0 Å². The fraction of sp³-hybridized carbons (Fsp3) is 0.263. The molecule has 1 heteroatoms. The van der Waals surface area contributed by atoms with E-state index < -0.39 is 6.10 Å². The quantitative estimate of drug-likeness (QED) is 0.729. The molecule has 2 aromatic rings. The van der Waals surface area contributed by atoms with E-state index >= 15 is 0 Å². The van der Waals surface area contributed by atoms with Crippen LogP contribution in [0.15, 0.2) is 73.3 Å². The van der Waals surface area contributed by atoms with Crippen LogP contribution in [0.2, 0.25) is 0 Å². The van der Waals surface area contributed by atoms with Gasteiger partial charge in [0.25, 0.3) is 0 Å². The number of hydrogen-bond acceptors (Lipinski definition) is 1. The highest BCUT2D eigenvalue weighted by Crippen LogP contribution is 2.28. The van der Waals surface area contributed by atoms with E-state index in [1.807, 2.05) is 42.5 Å². The fourth-order valence-electron chi connectivity index (χ4n) is 2.54. The van der Waals surface area contributed by atoms with Gasteiger partial charge in [-0.25, -0.2) is 0 Å². The summed E-state index contributed by atoms with van der Waals surface area (Å²) in [7, 11) is 0. The van der Waals surface area contributed by atoms with Crippen molar-refractivity contribution in [3.05, 3.63) is 84.4 Å². The van der Waals surface area contributed by atoms with Crippen LogP contribution < -0.4 is 0 Å². The number of allylic oxidation sites excluding steroid dienone is 1. The first-order valence-corrected chi connectivity index (χ1v) is 7.19. The Kier molecular flexibility index (Phi) is 5.57. The Labute approximate surface area is 121 Å². The molecule has 0 saturated heterocycles. The second kappa shape index (κ2) is 7.66. The van der Waals surface area contributed by atoms with Gasteiger partial charge in [-0.1, -0.05) is 66.7 Å². The van der Waals surface area contributed by atoms with Gasteiger partial charge in [-0.05, 0) is 36.3 Å². The SMILES string of the molecule is C=CC[C@H](CCc1ccccc1)[C@@H](O)c1ccccc1. The van der Waals surface area contributed by atoms with Crippen molar-refractivity contribution in [1.82, 2.24) is 0 Å². The lowest BCUT2D eigenvalue weighted by Gasteiger charge is -2.22. The smallest absolute Gasteiger partial charge is 0.0821 e. The minimum Gasteiger partial charge on any atom is -0.388 e. The third-order valence-corrected chi connectivity index (χ3v) is 3.70. The minimum atomic E-state index is -0.419. The molecule has 0 aromatic heterocycles. The molecule has 0 heterocycles. The number of aryl methyl sites for hydroxylation is 1. The van der Waals surface area contributed by atoms with E-state index in [2.05, 4.69) is 30.8 Å². The van der Waals surface area contributed by atoms with Crippen LogP contribution in [-0.4, -0.2) is 5.11 Å². The average Bonchev–Trinajstić information content (AvgIpc) is 2.52. The van der Waals surface area contributed by atoms with Gasteiger partial charge in [0.05, 0.1) is 6.10 Å². The van der Waals surface area contributed by atoms with Crippen molar-refractivity contribution >= 4 is 0 Å². The molecule has 0 saturated carbocycles. The Bertz CT molecular complexity index is 504. The van der Waals surface area contributed by atoms with Crippen molar-refractivity contribution in [1.29, 1.82) is 0 Å². The number of aliphatic hydroxyl groups is 1. The third-order valence-electron chi connectivity index (χ3n) is 3.70. The Balaban J connectivity index is 2.01. The van der Waals surface area contributed by atoms with Gasteiger partial charge in [-0.15, -0.1) is 6.58 Å². The summed E-state index contributed by atoms with van der Waals surface area (Å²) in [4.78, 5) is 0. The van der Waals surface area contributed by atoms with Crippen molar-refractivity contribution in [3.8, 4) is 0 Å². The summed E-state index contributed by atoms with van der Waals surface area (Å²) in [5.74, 6) is 0.218. The van der Waals surface area contributed by atoms with Crippen LogP contribution in [0.25, 0.3) is 0 Å². The molecule has 0 aliphatic heterocycles. The first-order chi connectivity index (χ1) is 9.81. The van der Waals surface area contributed by atoms with Gasteiger partial charge >= 0.3 is 0 Å². The number of rotatable bonds is 7. The van der Waals surface area contributed by atoms with Crippen LogP contribution in [-0.2, 0) is 6.42 Å². The van der Waals surface area contributed by atoms with Crippen LogP contribution in [0, 0.1) is 5.92 Å². The molecule has 2 rings (SSSR count). The van der Waals surface area contributed by atoms with E-state index in [-0.39, 0.29) is 5.92 Å². The minimum absolute atomic E-state index is 0.218. The number of benzene rings is 2. The van der Waals surface area contributed by atoms with E-state index in [1.165, 1.54) is 5.56 Å². The third kappa shape index (κ3) is 4.07. The summed E-state index contributed by atoms with van der Waals surface area (Å²) in [5.41, 5.74) is 2.31. The maximum absolute atomic E-state index is 10.5. The van der Waals surface area contributed by atoms with Crippen molar-refractivity contribution in [2.24, 2.45) is 5.92 Å². The average molecular weight is 266 g/mol. The molecule has 0 aliphatic rings. The first kappa shape index (κ1) is 14.5. The molecule has 0 bridgehead atoms. The molecule has 0 radical (unpaired) electrons. The van der Waals surface area contributed by atoms with Crippen molar-refractivity contribution in [2.45, 2.75) is 25.4 Å². The zero-order chi connectivity index (χ0) is 14.2. The second-order valence-corrected chi connectivity index (χ2v) is 5.16. The van der Waals surface area contributed by atoms with E-state index in [0.717, 1.165) is 24.8 Å². The van der Waals surface area contributed by atoms with E-state index in [1.54, 1.807) is 0 Å². The van der Waals surface area contributed by atoms with Crippen molar-refractivity contribution in [2.75, 3.05) is 0 Å². The Morgan fingerprint density at radius 2 is 1.55 bits per heavy atom. The fourth-order valence-corrected chi connectivity index (χ4v) is 2.54. The predicted octanol–water partition coefficient (Wildman–Crippen LogP) is 4.55. The largest absolute Gasteiger partial charge is 0.388 e.